The third kappa shape index (κ3) is 10.3. The minimum atomic E-state index is -0.386. The molecule has 2 amide bonds. The van der Waals surface area contributed by atoms with E-state index in [2.05, 4.69) is 10.6 Å². The molecule has 0 saturated carbocycles. The molecule has 39 heavy (non-hydrogen) atoms. The number of nitrogens with one attached hydrogen (secondary N) is 2. The number of benzene rings is 3. The summed E-state index contributed by atoms with van der Waals surface area (Å²) in [7, 11) is 0. The van der Waals surface area contributed by atoms with Gasteiger partial charge >= 0.3 is 0 Å². The van der Waals surface area contributed by atoms with Crippen molar-refractivity contribution in [3.63, 3.8) is 0 Å². The van der Waals surface area contributed by atoms with Gasteiger partial charge < -0.3 is 36.7 Å². The highest BCUT2D eigenvalue weighted by molar-refractivity contribution is 6.10. The molecule has 0 spiro atoms. The largest absolute Gasteiger partial charge is 0.508 e. The van der Waals surface area contributed by atoms with Gasteiger partial charge in [0.25, 0.3) is 5.91 Å². The summed E-state index contributed by atoms with van der Waals surface area (Å²) in [4.78, 5) is 25.9. The highest BCUT2D eigenvalue weighted by Gasteiger charge is 2.16. The van der Waals surface area contributed by atoms with Crippen molar-refractivity contribution in [2.45, 2.75) is 44.9 Å². The van der Waals surface area contributed by atoms with E-state index in [-0.39, 0.29) is 17.6 Å². The molecule has 0 saturated heterocycles. The van der Waals surface area contributed by atoms with Crippen LogP contribution in [0.1, 0.15) is 55.3 Å². The van der Waals surface area contributed by atoms with Crippen LogP contribution in [0.25, 0.3) is 0 Å². The van der Waals surface area contributed by atoms with Crippen LogP contribution in [0.4, 0.5) is 11.4 Å². The van der Waals surface area contributed by atoms with Gasteiger partial charge in [-0.05, 0) is 99.1 Å². The molecule has 0 aliphatic carbocycles. The van der Waals surface area contributed by atoms with Crippen molar-refractivity contribution in [1.82, 2.24) is 0 Å². The topological polar surface area (TPSA) is 149 Å². The van der Waals surface area contributed by atoms with Crippen LogP contribution in [0.5, 0.6) is 23.0 Å². The number of ether oxygens (including phenoxy) is 2. The van der Waals surface area contributed by atoms with Crippen LogP contribution in [0.3, 0.4) is 0 Å². The Morgan fingerprint density at radius 2 is 1.33 bits per heavy atom. The SMILES string of the molecule is NCCCCCCCC(=O)Nc1ccc(OCCCN)cc1C(=O)Nc1ccc(Oc2ccc(O)cc2)cc1. The fraction of sp³-hybridized carbons (Fsp3) is 0.333. The summed E-state index contributed by atoms with van der Waals surface area (Å²) >= 11 is 0. The molecule has 0 bridgehead atoms. The Balaban J connectivity index is 1.65. The summed E-state index contributed by atoms with van der Waals surface area (Å²) in [6.07, 6.45) is 5.91. The molecular weight excluding hydrogens is 496 g/mol. The Morgan fingerprint density at radius 3 is 2.03 bits per heavy atom. The molecule has 0 unspecified atom stereocenters. The zero-order valence-corrected chi connectivity index (χ0v) is 22.2. The third-order valence-electron chi connectivity index (χ3n) is 5.92. The molecule has 3 aromatic carbocycles. The van der Waals surface area contributed by atoms with Gasteiger partial charge in [-0.25, -0.2) is 0 Å². The van der Waals surface area contributed by atoms with Gasteiger partial charge in [0.1, 0.15) is 23.0 Å². The maximum absolute atomic E-state index is 13.3. The number of amides is 2. The number of anilines is 2. The zero-order valence-electron chi connectivity index (χ0n) is 22.2. The monoisotopic (exact) mass is 534 g/mol. The molecule has 3 rings (SSSR count). The summed E-state index contributed by atoms with van der Waals surface area (Å²) in [5.41, 5.74) is 12.3. The number of hydrogen-bond donors (Lipinski definition) is 5. The second kappa shape index (κ2) is 16.0. The van der Waals surface area contributed by atoms with Gasteiger partial charge in [-0.1, -0.05) is 19.3 Å². The first-order chi connectivity index (χ1) is 19.0. The standard InChI is InChI=1S/C30H38N4O5/c31-18-5-3-1-2-4-7-29(36)34-28-17-16-26(38-20-6-19-32)21-27(28)30(37)33-22-8-12-24(13-9-22)39-25-14-10-23(35)11-15-25/h8-17,21,35H,1-7,18-20,31-32H2,(H,33,37)(H,34,36). The Morgan fingerprint density at radius 1 is 0.718 bits per heavy atom. The van der Waals surface area contributed by atoms with Crippen LogP contribution in [-0.4, -0.2) is 36.6 Å². The van der Waals surface area contributed by atoms with Gasteiger partial charge in [0.2, 0.25) is 5.91 Å². The lowest BCUT2D eigenvalue weighted by Gasteiger charge is -2.14. The number of carbonyl (C=O) groups is 2. The highest BCUT2D eigenvalue weighted by Crippen LogP contribution is 2.27. The van der Waals surface area contributed by atoms with Crippen LogP contribution in [0, 0.1) is 0 Å². The Kier molecular flexibility index (Phi) is 12.1. The zero-order chi connectivity index (χ0) is 27.9. The molecule has 208 valence electrons. The molecule has 0 heterocycles. The van der Waals surface area contributed by atoms with Crippen molar-refractivity contribution in [1.29, 1.82) is 0 Å². The smallest absolute Gasteiger partial charge is 0.257 e. The number of phenols is 1. The van der Waals surface area contributed by atoms with Crippen LogP contribution in [0.2, 0.25) is 0 Å². The van der Waals surface area contributed by atoms with E-state index in [0.717, 1.165) is 32.1 Å². The molecule has 9 heteroatoms. The lowest BCUT2D eigenvalue weighted by Crippen LogP contribution is -2.18. The van der Waals surface area contributed by atoms with Crippen LogP contribution in [-0.2, 0) is 4.79 Å². The lowest BCUT2D eigenvalue weighted by atomic mass is 10.1. The molecule has 0 fully saturated rings. The van der Waals surface area contributed by atoms with Gasteiger partial charge in [0.05, 0.1) is 17.9 Å². The van der Waals surface area contributed by atoms with Crippen molar-refractivity contribution in [3.8, 4) is 23.0 Å². The normalized spacial score (nSPS) is 10.6. The van der Waals surface area contributed by atoms with Crippen molar-refractivity contribution in [2.75, 3.05) is 30.3 Å². The van der Waals surface area contributed by atoms with E-state index >= 15 is 0 Å². The van der Waals surface area contributed by atoms with Crippen LogP contribution >= 0.6 is 0 Å². The van der Waals surface area contributed by atoms with E-state index in [1.54, 1.807) is 54.6 Å². The second-order valence-electron chi connectivity index (χ2n) is 9.13. The minimum absolute atomic E-state index is 0.143. The summed E-state index contributed by atoms with van der Waals surface area (Å²) in [5.74, 6) is 1.29. The number of nitrogens with two attached hydrogens (primary N) is 2. The maximum Gasteiger partial charge on any atom is 0.257 e. The van der Waals surface area contributed by atoms with Crippen molar-refractivity contribution in [2.24, 2.45) is 11.5 Å². The van der Waals surface area contributed by atoms with E-state index in [1.807, 2.05) is 0 Å². The summed E-state index contributed by atoms with van der Waals surface area (Å²) in [5, 5.41) is 15.2. The van der Waals surface area contributed by atoms with Crippen LogP contribution < -0.4 is 31.6 Å². The summed E-state index contributed by atoms with van der Waals surface area (Å²) in [6, 6.07) is 18.3. The van der Waals surface area contributed by atoms with E-state index in [9.17, 15) is 14.7 Å². The number of rotatable bonds is 16. The Bertz CT molecular complexity index is 1180. The first kappa shape index (κ1) is 29.5. The number of unbranched alkanes of at least 4 members (excludes halogenated alkanes) is 4. The first-order valence-corrected chi connectivity index (χ1v) is 13.3. The number of aromatic hydroxyl groups is 1. The van der Waals surface area contributed by atoms with Gasteiger partial charge in [-0.3, -0.25) is 9.59 Å². The molecule has 7 N–H and O–H groups in total. The molecule has 3 aromatic rings. The minimum Gasteiger partial charge on any atom is -0.508 e. The van der Waals surface area contributed by atoms with Gasteiger partial charge in [-0.2, -0.15) is 0 Å². The van der Waals surface area contributed by atoms with E-state index in [4.69, 9.17) is 20.9 Å². The average molecular weight is 535 g/mol. The van der Waals surface area contributed by atoms with Crippen LogP contribution in [0.15, 0.2) is 66.7 Å². The second-order valence-corrected chi connectivity index (χ2v) is 9.13. The third-order valence-corrected chi connectivity index (χ3v) is 5.92. The number of phenolic OH excluding ortho intramolecular Hbond substituents is 1. The fourth-order valence-corrected chi connectivity index (χ4v) is 3.81. The summed E-state index contributed by atoms with van der Waals surface area (Å²) < 4.78 is 11.5. The molecule has 0 radical (unpaired) electrons. The number of hydrogen-bond acceptors (Lipinski definition) is 7. The van der Waals surface area contributed by atoms with Crippen molar-refractivity contribution < 1.29 is 24.2 Å². The Labute approximate surface area is 229 Å². The fourth-order valence-electron chi connectivity index (χ4n) is 3.81. The van der Waals surface area contributed by atoms with Gasteiger partial charge in [0, 0.05) is 12.1 Å². The van der Waals surface area contributed by atoms with Gasteiger partial charge in [0.15, 0.2) is 0 Å². The van der Waals surface area contributed by atoms with E-state index < -0.39 is 0 Å². The molecule has 0 aliphatic heterocycles. The van der Waals surface area contributed by atoms with Crippen molar-refractivity contribution >= 4 is 23.2 Å². The molecular formula is C30H38N4O5. The summed E-state index contributed by atoms with van der Waals surface area (Å²) in [6.45, 7) is 1.62. The predicted molar refractivity (Wildman–Crippen MR) is 154 cm³/mol. The predicted octanol–water partition coefficient (Wildman–Crippen LogP) is 5.40. The highest BCUT2D eigenvalue weighted by atomic mass is 16.5. The lowest BCUT2D eigenvalue weighted by molar-refractivity contribution is -0.116. The molecule has 0 atom stereocenters. The van der Waals surface area contributed by atoms with Gasteiger partial charge in [-0.15, -0.1) is 0 Å². The average Bonchev–Trinajstić information content (AvgIpc) is 2.94. The molecule has 9 nitrogen and oxygen atoms in total. The van der Waals surface area contributed by atoms with Crippen molar-refractivity contribution in [3.05, 3.63) is 72.3 Å². The van der Waals surface area contributed by atoms with E-state index in [0.29, 0.717) is 66.7 Å². The quantitative estimate of drug-likeness (QED) is 0.154. The van der Waals surface area contributed by atoms with E-state index in [1.165, 1.54) is 12.1 Å². The molecule has 0 aliphatic rings. The maximum atomic E-state index is 13.3. The number of carbonyl (C=O) groups excluding carboxylic acids is 2. The Hall–Kier alpha value is -4.08. The molecule has 0 aromatic heterocycles. The first-order valence-electron chi connectivity index (χ1n) is 13.3.